The molecular formula is C35H44Si. The van der Waals surface area contributed by atoms with Gasteiger partial charge in [-0.05, 0) is 78.7 Å². The van der Waals surface area contributed by atoms with Crippen LogP contribution in [-0.4, -0.2) is 8.07 Å². The second-order valence-corrected chi connectivity index (χ2v) is 15.3. The molecule has 0 amide bonds. The Hall–Kier alpha value is -2.64. The van der Waals surface area contributed by atoms with Crippen LogP contribution in [0.15, 0.2) is 102 Å². The highest BCUT2D eigenvalue weighted by Crippen LogP contribution is 2.52. The Balaban J connectivity index is 2.01. The van der Waals surface area contributed by atoms with E-state index in [9.17, 15) is 0 Å². The molecule has 1 heteroatoms. The summed E-state index contributed by atoms with van der Waals surface area (Å²) in [4.78, 5) is 0. The summed E-state index contributed by atoms with van der Waals surface area (Å²) in [6, 6.07) is 31.0. The second kappa shape index (κ2) is 11.2. The molecule has 3 aromatic rings. The Morgan fingerprint density at radius 2 is 1.06 bits per heavy atom. The van der Waals surface area contributed by atoms with Crippen LogP contribution in [0.2, 0.25) is 5.04 Å². The molecular weight excluding hydrogens is 448 g/mol. The highest BCUT2D eigenvalue weighted by Gasteiger charge is 2.55. The van der Waals surface area contributed by atoms with Crippen molar-refractivity contribution in [1.29, 1.82) is 0 Å². The molecule has 0 N–H and O–H groups in total. The van der Waals surface area contributed by atoms with E-state index in [1.165, 1.54) is 69.1 Å². The quantitative estimate of drug-likeness (QED) is 0.199. The molecule has 1 atom stereocenters. The molecule has 4 rings (SSSR count). The van der Waals surface area contributed by atoms with E-state index in [0.29, 0.717) is 0 Å². The summed E-state index contributed by atoms with van der Waals surface area (Å²) < 4.78 is 0. The third kappa shape index (κ3) is 4.59. The molecule has 1 unspecified atom stereocenters. The van der Waals surface area contributed by atoms with Crippen molar-refractivity contribution in [2.45, 2.75) is 85.1 Å². The average Bonchev–Trinajstić information content (AvgIpc) is 3.11. The van der Waals surface area contributed by atoms with Crippen molar-refractivity contribution < 1.29 is 0 Å². The van der Waals surface area contributed by atoms with E-state index in [1.54, 1.807) is 0 Å². The van der Waals surface area contributed by atoms with E-state index in [1.807, 2.05) is 0 Å². The summed E-state index contributed by atoms with van der Waals surface area (Å²) in [5.74, 6) is 0. The molecule has 1 aliphatic rings. The number of unbranched alkanes of at least 4 members (excludes halogenated alkanes) is 2. The normalized spacial score (nSPS) is 18.0. The van der Waals surface area contributed by atoms with Crippen molar-refractivity contribution in [3.05, 3.63) is 113 Å². The lowest BCUT2D eigenvalue weighted by Crippen LogP contribution is -2.73. The molecule has 0 bridgehead atoms. The van der Waals surface area contributed by atoms with Gasteiger partial charge in [-0.2, -0.15) is 0 Å². The molecule has 0 spiro atoms. The number of rotatable bonds is 10. The fraction of sp³-hybridized carbons (Fsp3) is 0.371. The van der Waals surface area contributed by atoms with Gasteiger partial charge >= 0.3 is 0 Å². The van der Waals surface area contributed by atoms with E-state index in [2.05, 4.69) is 126 Å². The smallest absolute Gasteiger partial charge is 0.0730 e. The van der Waals surface area contributed by atoms with Gasteiger partial charge in [-0.25, -0.2) is 0 Å². The van der Waals surface area contributed by atoms with Crippen LogP contribution in [0.4, 0.5) is 0 Å². The van der Waals surface area contributed by atoms with E-state index < -0.39 is 8.07 Å². The first kappa shape index (κ1) is 26.4. The summed E-state index contributed by atoms with van der Waals surface area (Å²) in [6.45, 7) is 14.1. The molecule has 0 nitrogen and oxygen atoms in total. The zero-order valence-electron chi connectivity index (χ0n) is 23.3. The van der Waals surface area contributed by atoms with Gasteiger partial charge in [-0.3, -0.25) is 0 Å². The summed E-state index contributed by atoms with van der Waals surface area (Å²) in [6.07, 6.45) is 9.91. The van der Waals surface area contributed by atoms with Gasteiger partial charge in [-0.15, -0.1) is 0 Å². The predicted molar refractivity (Wildman–Crippen MR) is 162 cm³/mol. The van der Waals surface area contributed by atoms with Crippen LogP contribution in [0, 0.1) is 0 Å². The molecule has 0 aromatic heterocycles. The van der Waals surface area contributed by atoms with Crippen molar-refractivity contribution in [2.24, 2.45) is 0 Å². The minimum absolute atomic E-state index is 0.0433. The van der Waals surface area contributed by atoms with Gasteiger partial charge in [-0.1, -0.05) is 130 Å². The fourth-order valence-corrected chi connectivity index (χ4v) is 12.4. The summed E-state index contributed by atoms with van der Waals surface area (Å²) >= 11 is 0. The maximum absolute atomic E-state index is 2.60. The molecule has 0 aliphatic heterocycles. The lowest BCUT2D eigenvalue weighted by molar-refractivity contribution is 0.795. The summed E-state index contributed by atoms with van der Waals surface area (Å²) in [5.41, 5.74) is 7.34. The van der Waals surface area contributed by atoms with Gasteiger partial charge in [0.15, 0.2) is 8.07 Å². The Bertz CT molecular complexity index is 1160. The zero-order valence-corrected chi connectivity index (χ0v) is 24.3. The highest BCUT2D eigenvalue weighted by atomic mass is 28.3. The van der Waals surface area contributed by atoms with E-state index in [-0.39, 0.29) is 5.04 Å². The Kier molecular flexibility index (Phi) is 8.20. The Morgan fingerprint density at radius 1 is 0.611 bits per heavy atom. The fourth-order valence-electron chi connectivity index (χ4n) is 6.42. The molecule has 188 valence electrons. The standard InChI is InChI=1S/C35H44Si/c1-7-9-14-30-18-22-33(23-19-30)36(32-16-12-11-13-17-32,35(6)26-27(3)28(4)29(35)5)34-24-20-31(21-25-34)15-10-8-2/h11-13,16-26H,7-10,14-15H2,1-6H3. The molecule has 0 heterocycles. The van der Waals surface area contributed by atoms with Crippen molar-refractivity contribution in [2.75, 3.05) is 0 Å². The first-order valence-corrected chi connectivity index (χ1v) is 16.0. The van der Waals surface area contributed by atoms with E-state index in [4.69, 9.17) is 0 Å². The minimum atomic E-state index is -2.50. The monoisotopic (exact) mass is 492 g/mol. The number of allylic oxidation sites excluding steroid dienone is 4. The van der Waals surface area contributed by atoms with Gasteiger partial charge in [0, 0.05) is 5.04 Å². The molecule has 1 aliphatic carbocycles. The van der Waals surface area contributed by atoms with Gasteiger partial charge in [0.25, 0.3) is 0 Å². The SMILES string of the molecule is CCCCc1ccc([Si](c2ccccc2)(c2ccc(CCCC)cc2)C2(C)C=C(C)C(C)=C2C)cc1. The van der Waals surface area contributed by atoms with Gasteiger partial charge < -0.3 is 0 Å². The highest BCUT2D eigenvalue weighted by molar-refractivity contribution is 7.14. The van der Waals surface area contributed by atoms with Crippen LogP contribution >= 0.6 is 0 Å². The topological polar surface area (TPSA) is 0 Å². The number of benzene rings is 3. The third-order valence-corrected chi connectivity index (χ3v) is 14.5. The average molecular weight is 493 g/mol. The summed E-state index contributed by atoms with van der Waals surface area (Å²) in [7, 11) is -2.50. The molecule has 0 fully saturated rings. The first-order chi connectivity index (χ1) is 17.4. The molecule has 36 heavy (non-hydrogen) atoms. The van der Waals surface area contributed by atoms with Crippen molar-refractivity contribution in [1.82, 2.24) is 0 Å². The van der Waals surface area contributed by atoms with Crippen LogP contribution in [0.5, 0.6) is 0 Å². The minimum Gasteiger partial charge on any atom is -0.0730 e. The Labute approximate surface area is 221 Å². The van der Waals surface area contributed by atoms with Gasteiger partial charge in [0.1, 0.15) is 0 Å². The van der Waals surface area contributed by atoms with Crippen LogP contribution < -0.4 is 15.6 Å². The van der Waals surface area contributed by atoms with E-state index in [0.717, 1.165) is 12.8 Å². The molecule has 0 saturated heterocycles. The third-order valence-electron chi connectivity index (χ3n) is 8.84. The second-order valence-electron chi connectivity index (χ2n) is 11.0. The number of hydrogen-bond acceptors (Lipinski definition) is 0. The van der Waals surface area contributed by atoms with Crippen LogP contribution in [-0.2, 0) is 12.8 Å². The Morgan fingerprint density at radius 3 is 1.44 bits per heavy atom. The van der Waals surface area contributed by atoms with Crippen molar-refractivity contribution in [3.8, 4) is 0 Å². The molecule has 0 saturated carbocycles. The van der Waals surface area contributed by atoms with Gasteiger partial charge in [0.2, 0.25) is 0 Å². The lowest BCUT2D eigenvalue weighted by Gasteiger charge is -2.47. The molecule has 3 aromatic carbocycles. The maximum Gasteiger partial charge on any atom is 0.161 e. The largest absolute Gasteiger partial charge is 0.161 e. The van der Waals surface area contributed by atoms with Crippen LogP contribution in [0.1, 0.15) is 78.4 Å². The summed E-state index contributed by atoms with van der Waals surface area (Å²) in [5, 5.41) is 4.47. The number of hydrogen-bond donors (Lipinski definition) is 0. The maximum atomic E-state index is 2.60. The molecule has 0 radical (unpaired) electrons. The van der Waals surface area contributed by atoms with Crippen LogP contribution in [0.25, 0.3) is 0 Å². The lowest BCUT2D eigenvalue weighted by atomic mass is 10.0. The van der Waals surface area contributed by atoms with Crippen LogP contribution in [0.3, 0.4) is 0 Å². The predicted octanol–water partition coefficient (Wildman–Crippen LogP) is 7.90. The zero-order chi connectivity index (χ0) is 25.8. The first-order valence-electron chi connectivity index (χ1n) is 14.0. The van der Waals surface area contributed by atoms with Gasteiger partial charge in [0.05, 0.1) is 0 Å². The van der Waals surface area contributed by atoms with E-state index >= 15 is 0 Å². The van der Waals surface area contributed by atoms with Crippen molar-refractivity contribution in [3.63, 3.8) is 0 Å². The number of aryl methyl sites for hydroxylation is 2. The van der Waals surface area contributed by atoms with Crippen molar-refractivity contribution >= 4 is 23.6 Å².